The van der Waals surface area contributed by atoms with Crippen LogP contribution in [0.25, 0.3) is 21.9 Å². The SMILES string of the molecule is CC(NC(=O)c1cccc2cn[nH]c12)c1cc2ccccc2o1. The quantitative estimate of drug-likeness (QED) is 0.605. The van der Waals surface area contributed by atoms with Crippen LogP contribution in [0.5, 0.6) is 0 Å². The number of rotatable bonds is 3. The first kappa shape index (κ1) is 13.6. The van der Waals surface area contributed by atoms with Crippen LogP contribution in [0.15, 0.2) is 59.1 Å². The Hall–Kier alpha value is -3.08. The van der Waals surface area contributed by atoms with E-state index in [1.165, 1.54) is 0 Å². The summed E-state index contributed by atoms with van der Waals surface area (Å²) in [5, 5.41) is 11.8. The number of carbonyl (C=O) groups is 1. The number of benzene rings is 2. The Morgan fingerprint density at radius 2 is 2.00 bits per heavy atom. The fourth-order valence-electron chi connectivity index (χ4n) is 2.72. The van der Waals surface area contributed by atoms with Gasteiger partial charge in [-0.1, -0.05) is 30.3 Å². The fourth-order valence-corrected chi connectivity index (χ4v) is 2.72. The summed E-state index contributed by atoms with van der Waals surface area (Å²) in [6.07, 6.45) is 1.70. The predicted molar refractivity (Wildman–Crippen MR) is 88.2 cm³/mol. The zero-order valence-electron chi connectivity index (χ0n) is 12.5. The first-order valence-corrected chi connectivity index (χ1v) is 7.44. The summed E-state index contributed by atoms with van der Waals surface area (Å²) in [5.41, 5.74) is 2.13. The van der Waals surface area contributed by atoms with Crippen molar-refractivity contribution >= 4 is 27.8 Å². The van der Waals surface area contributed by atoms with Crippen molar-refractivity contribution in [1.29, 1.82) is 0 Å². The van der Waals surface area contributed by atoms with Crippen molar-refractivity contribution in [2.24, 2.45) is 0 Å². The number of aromatic amines is 1. The number of para-hydroxylation sites is 2. The van der Waals surface area contributed by atoms with E-state index < -0.39 is 0 Å². The molecule has 5 nitrogen and oxygen atoms in total. The molecule has 114 valence electrons. The zero-order valence-corrected chi connectivity index (χ0v) is 12.5. The maximum absolute atomic E-state index is 12.6. The predicted octanol–water partition coefficient (Wildman–Crippen LogP) is 3.80. The second kappa shape index (κ2) is 5.28. The Bertz CT molecular complexity index is 967. The van der Waals surface area contributed by atoms with Crippen molar-refractivity contribution in [3.63, 3.8) is 0 Å². The monoisotopic (exact) mass is 305 g/mol. The van der Waals surface area contributed by atoms with Gasteiger partial charge in [-0.15, -0.1) is 0 Å². The van der Waals surface area contributed by atoms with E-state index in [0.29, 0.717) is 5.56 Å². The third-order valence-corrected chi connectivity index (χ3v) is 3.94. The summed E-state index contributed by atoms with van der Waals surface area (Å²) in [5.74, 6) is 0.573. The molecule has 1 atom stereocenters. The Labute approximate surface area is 132 Å². The first-order chi connectivity index (χ1) is 11.2. The lowest BCUT2D eigenvalue weighted by Crippen LogP contribution is -2.26. The minimum atomic E-state index is -0.229. The van der Waals surface area contributed by atoms with E-state index in [1.807, 2.05) is 49.4 Å². The fraction of sp³-hybridized carbons (Fsp3) is 0.111. The van der Waals surface area contributed by atoms with Gasteiger partial charge in [0.1, 0.15) is 11.3 Å². The maximum atomic E-state index is 12.6. The lowest BCUT2D eigenvalue weighted by atomic mass is 10.1. The molecule has 0 saturated carbocycles. The largest absolute Gasteiger partial charge is 0.459 e. The van der Waals surface area contributed by atoms with E-state index in [-0.39, 0.29) is 11.9 Å². The van der Waals surface area contributed by atoms with E-state index in [2.05, 4.69) is 15.5 Å². The van der Waals surface area contributed by atoms with Crippen LogP contribution >= 0.6 is 0 Å². The van der Waals surface area contributed by atoms with Crippen LogP contribution in [-0.2, 0) is 0 Å². The summed E-state index contributed by atoms with van der Waals surface area (Å²) < 4.78 is 5.80. The molecule has 1 unspecified atom stereocenters. The van der Waals surface area contributed by atoms with E-state index >= 15 is 0 Å². The Balaban J connectivity index is 1.61. The van der Waals surface area contributed by atoms with Gasteiger partial charge in [-0.3, -0.25) is 9.89 Å². The summed E-state index contributed by atoms with van der Waals surface area (Å²) in [6.45, 7) is 1.91. The maximum Gasteiger partial charge on any atom is 0.254 e. The zero-order chi connectivity index (χ0) is 15.8. The number of nitrogens with zero attached hydrogens (tertiary/aromatic N) is 1. The van der Waals surface area contributed by atoms with Crippen LogP contribution in [-0.4, -0.2) is 16.1 Å². The third-order valence-electron chi connectivity index (χ3n) is 3.94. The Morgan fingerprint density at radius 1 is 1.17 bits per heavy atom. The molecule has 0 bridgehead atoms. The number of furan rings is 1. The molecular formula is C18H15N3O2. The van der Waals surface area contributed by atoms with Crippen LogP contribution < -0.4 is 5.32 Å². The molecule has 2 aromatic heterocycles. The summed E-state index contributed by atoms with van der Waals surface area (Å²) >= 11 is 0. The van der Waals surface area contributed by atoms with Crippen LogP contribution in [0.3, 0.4) is 0 Å². The van der Waals surface area contributed by atoms with Gasteiger partial charge in [-0.25, -0.2) is 0 Å². The second-order valence-corrected chi connectivity index (χ2v) is 5.52. The van der Waals surface area contributed by atoms with Gasteiger partial charge < -0.3 is 9.73 Å². The van der Waals surface area contributed by atoms with E-state index in [4.69, 9.17) is 4.42 Å². The number of H-pyrrole nitrogens is 1. The molecule has 4 aromatic rings. The van der Waals surface area contributed by atoms with E-state index in [9.17, 15) is 4.79 Å². The molecule has 4 rings (SSSR count). The Morgan fingerprint density at radius 3 is 2.87 bits per heavy atom. The van der Waals surface area contributed by atoms with Crippen molar-refractivity contribution in [2.75, 3.05) is 0 Å². The van der Waals surface area contributed by atoms with Gasteiger partial charge in [0.25, 0.3) is 5.91 Å². The molecule has 0 aliphatic heterocycles. The molecule has 2 N–H and O–H groups in total. The van der Waals surface area contributed by atoms with Crippen molar-refractivity contribution in [3.05, 3.63) is 66.1 Å². The molecule has 1 amide bonds. The number of carbonyl (C=O) groups excluding carboxylic acids is 1. The van der Waals surface area contributed by atoms with Gasteiger partial charge in [-0.05, 0) is 25.1 Å². The summed E-state index contributed by atoms with van der Waals surface area (Å²) in [4.78, 5) is 12.6. The smallest absolute Gasteiger partial charge is 0.254 e. The van der Waals surface area contributed by atoms with Gasteiger partial charge >= 0.3 is 0 Å². The van der Waals surface area contributed by atoms with Gasteiger partial charge in [-0.2, -0.15) is 5.10 Å². The minimum absolute atomic E-state index is 0.159. The number of aromatic nitrogens is 2. The molecule has 0 fully saturated rings. The lowest BCUT2D eigenvalue weighted by molar-refractivity contribution is 0.0937. The molecule has 0 spiro atoms. The molecule has 23 heavy (non-hydrogen) atoms. The lowest BCUT2D eigenvalue weighted by Gasteiger charge is -2.11. The van der Waals surface area contributed by atoms with Crippen molar-refractivity contribution in [1.82, 2.24) is 15.5 Å². The highest BCUT2D eigenvalue weighted by Gasteiger charge is 2.17. The molecule has 2 aromatic carbocycles. The highest BCUT2D eigenvalue weighted by Crippen LogP contribution is 2.24. The minimum Gasteiger partial charge on any atom is -0.459 e. The molecule has 5 heteroatoms. The van der Waals surface area contributed by atoms with Crippen LogP contribution in [0, 0.1) is 0 Å². The number of amides is 1. The molecule has 0 radical (unpaired) electrons. The third kappa shape index (κ3) is 2.36. The first-order valence-electron chi connectivity index (χ1n) is 7.44. The molecule has 2 heterocycles. The highest BCUT2D eigenvalue weighted by molar-refractivity contribution is 6.05. The summed E-state index contributed by atoms with van der Waals surface area (Å²) in [7, 11) is 0. The van der Waals surface area contributed by atoms with Crippen LogP contribution in [0.1, 0.15) is 29.1 Å². The number of hydrogen-bond donors (Lipinski definition) is 2. The molecule has 0 aliphatic rings. The Kier molecular flexibility index (Phi) is 3.12. The van der Waals surface area contributed by atoms with Crippen molar-refractivity contribution in [3.8, 4) is 0 Å². The van der Waals surface area contributed by atoms with E-state index in [0.717, 1.165) is 27.6 Å². The normalized spacial score (nSPS) is 12.6. The van der Waals surface area contributed by atoms with Crippen molar-refractivity contribution < 1.29 is 9.21 Å². The van der Waals surface area contributed by atoms with Gasteiger partial charge in [0.05, 0.1) is 23.3 Å². The second-order valence-electron chi connectivity index (χ2n) is 5.52. The van der Waals surface area contributed by atoms with Crippen LogP contribution in [0.4, 0.5) is 0 Å². The summed E-state index contributed by atoms with van der Waals surface area (Å²) in [6, 6.07) is 15.1. The average molecular weight is 305 g/mol. The van der Waals surface area contributed by atoms with E-state index in [1.54, 1.807) is 12.3 Å². The number of hydrogen-bond acceptors (Lipinski definition) is 3. The molecule has 0 aliphatic carbocycles. The molecular weight excluding hydrogens is 290 g/mol. The van der Waals surface area contributed by atoms with Gasteiger partial charge in [0.2, 0.25) is 0 Å². The number of fused-ring (bicyclic) bond motifs is 2. The van der Waals surface area contributed by atoms with Gasteiger partial charge in [0, 0.05) is 10.8 Å². The van der Waals surface area contributed by atoms with Crippen LogP contribution in [0.2, 0.25) is 0 Å². The highest BCUT2D eigenvalue weighted by atomic mass is 16.3. The molecule has 0 saturated heterocycles. The standard InChI is InChI=1S/C18H15N3O2/c1-11(16-9-12-5-2-3-8-15(12)23-16)20-18(22)14-7-4-6-13-10-19-21-17(13)14/h2-11H,1H3,(H,19,21)(H,20,22). The van der Waals surface area contributed by atoms with Crippen molar-refractivity contribution in [2.45, 2.75) is 13.0 Å². The van der Waals surface area contributed by atoms with Gasteiger partial charge in [0.15, 0.2) is 0 Å². The number of nitrogens with one attached hydrogen (secondary N) is 2. The topological polar surface area (TPSA) is 70.9 Å². The average Bonchev–Trinajstić information content (AvgIpc) is 3.20.